The summed E-state index contributed by atoms with van der Waals surface area (Å²) in [6.45, 7) is 1.56. The molecule has 0 aliphatic heterocycles. The fraction of sp³-hybridized carbons (Fsp3) is 0.400. The van der Waals surface area contributed by atoms with Gasteiger partial charge in [-0.15, -0.1) is 24.8 Å². The zero-order chi connectivity index (χ0) is 13.1. The van der Waals surface area contributed by atoms with Crippen LogP contribution >= 0.6 is 11.6 Å². The van der Waals surface area contributed by atoms with Gasteiger partial charge in [0.05, 0.1) is 30.3 Å². The summed E-state index contributed by atoms with van der Waals surface area (Å²) in [7, 11) is 0. The van der Waals surface area contributed by atoms with Crippen LogP contribution in [0.25, 0.3) is 0 Å². The first-order valence-corrected chi connectivity index (χ1v) is 5.08. The van der Waals surface area contributed by atoms with Gasteiger partial charge in [-0.25, -0.2) is 0 Å². The lowest BCUT2D eigenvalue weighted by Gasteiger charge is -2.14. The van der Waals surface area contributed by atoms with E-state index in [1.807, 2.05) is 0 Å². The van der Waals surface area contributed by atoms with Crippen molar-refractivity contribution in [3.8, 4) is 11.8 Å². The molecule has 0 N–H and O–H groups in total. The van der Waals surface area contributed by atoms with Gasteiger partial charge in [0.15, 0.2) is 5.75 Å². The summed E-state index contributed by atoms with van der Waals surface area (Å²) >= 11 is 5.58. The maximum atomic E-state index is 12.1. The Labute approximate surface area is 101 Å². The van der Waals surface area contributed by atoms with E-state index in [-0.39, 0.29) is 17.9 Å². The van der Waals surface area contributed by atoms with Crippen LogP contribution in [-0.2, 0) is 12.3 Å². The largest absolute Gasteiger partial charge is 0.573 e. The first kappa shape index (κ1) is 13.6. The number of rotatable bonds is 3. The lowest BCUT2D eigenvalue weighted by molar-refractivity contribution is -0.275. The normalized spacial score (nSPS) is 11.1. The lowest BCUT2D eigenvalue weighted by atomic mass is 10.1. The third-order valence-electron chi connectivity index (χ3n) is 2.13. The molecule has 0 saturated heterocycles. The van der Waals surface area contributed by atoms with E-state index in [1.165, 1.54) is 0 Å². The van der Waals surface area contributed by atoms with Crippen molar-refractivity contribution in [1.29, 1.82) is 5.26 Å². The summed E-state index contributed by atoms with van der Waals surface area (Å²) < 4.78 is 40.2. The van der Waals surface area contributed by atoms with Crippen LogP contribution in [0.15, 0.2) is 6.20 Å². The Morgan fingerprint density at radius 2 is 2.18 bits per heavy atom. The number of pyridine rings is 1. The van der Waals surface area contributed by atoms with E-state index >= 15 is 0 Å². The van der Waals surface area contributed by atoms with Crippen molar-refractivity contribution >= 4 is 11.6 Å². The van der Waals surface area contributed by atoms with Gasteiger partial charge in [0.1, 0.15) is 0 Å². The summed E-state index contributed by atoms with van der Waals surface area (Å²) in [6, 6.07) is 1.78. The van der Waals surface area contributed by atoms with Crippen LogP contribution in [-0.4, -0.2) is 11.3 Å². The molecule has 0 unspecified atom stereocenters. The van der Waals surface area contributed by atoms with Gasteiger partial charge in [0.25, 0.3) is 0 Å². The molecule has 0 atom stereocenters. The van der Waals surface area contributed by atoms with Crippen molar-refractivity contribution in [2.75, 3.05) is 0 Å². The number of halogens is 4. The smallest absolute Gasteiger partial charge is 0.404 e. The highest BCUT2D eigenvalue weighted by atomic mass is 35.5. The minimum Gasteiger partial charge on any atom is -0.404 e. The summed E-state index contributed by atoms with van der Waals surface area (Å²) in [4.78, 5) is 3.76. The Bertz CT molecular complexity index is 454. The maximum absolute atomic E-state index is 12.1. The Kier molecular flexibility index (Phi) is 4.18. The zero-order valence-corrected chi connectivity index (χ0v) is 9.56. The number of hydrogen-bond acceptors (Lipinski definition) is 3. The highest BCUT2D eigenvalue weighted by Gasteiger charge is 2.32. The third kappa shape index (κ3) is 3.49. The van der Waals surface area contributed by atoms with Gasteiger partial charge < -0.3 is 4.74 Å². The van der Waals surface area contributed by atoms with E-state index in [9.17, 15) is 13.2 Å². The fourth-order valence-electron chi connectivity index (χ4n) is 1.32. The quantitative estimate of drug-likeness (QED) is 0.788. The van der Waals surface area contributed by atoms with Crippen LogP contribution in [0.5, 0.6) is 5.75 Å². The van der Waals surface area contributed by atoms with E-state index in [4.69, 9.17) is 16.9 Å². The number of nitrogens with zero attached hydrogens (tertiary/aromatic N) is 2. The van der Waals surface area contributed by atoms with Gasteiger partial charge in [-0.1, -0.05) is 0 Å². The minimum atomic E-state index is -4.80. The standard InChI is InChI=1S/C10H8ClF3N2O/c1-6-7(2-3-15)9(17-10(12,13)14)5-16-8(6)4-11/h5H,2,4H2,1H3. The number of hydrogen-bond donors (Lipinski definition) is 0. The van der Waals surface area contributed by atoms with Crippen molar-refractivity contribution in [3.05, 3.63) is 23.0 Å². The minimum absolute atomic E-state index is 0.0660. The van der Waals surface area contributed by atoms with E-state index in [1.54, 1.807) is 13.0 Å². The molecule has 0 amide bonds. The Morgan fingerprint density at radius 1 is 1.53 bits per heavy atom. The first-order chi connectivity index (χ1) is 7.89. The van der Waals surface area contributed by atoms with Crippen molar-refractivity contribution in [1.82, 2.24) is 4.98 Å². The number of nitriles is 1. The summed E-state index contributed by atoms with van der Waals surface area (Å²) in [6.07, 6.45) is -4.06. The van der Waals surface area contributed by atoms with Crippen molar-refractivity contribution < 1.29 is 17.9 Å². The molecule has 0 aliphatic rings. The SMILES string of the molecule is Cc1c(CCl)ncc(OC(F)(F)F)c1CC#N. The van der Waals surface area contributed by atoms with E-state index in [0.29, 0.717) is 11.3 Å². The van der Waals surface area contributed by atoms with Crippen LogP contribution in [0.4, 0.5) is 13.2 Å². The lowest BCUT2D eigenvalue weighted by Crippen LogP contribution is -2.19. The Balaban J connectivity index is 3.22. The molecule has 3 nitrogen and oxygen atoms in total. The van der Waals surface area contributed by atoms with Crippen LogP contribution < -0.4 is 4.74 Å². The summed E-state index contributed by atoms with van der Waals surface area (Å²) in [5, 5.41) is 8.59. The average molecular weight is 265 g/mol. The molecule has 1 rings (SSSR count). The van der Waals surface area contributed by atoms with Crippen molar-refractivity contribution in [2.45, 2.75) is 25.6 Å². The maximum Gasteiger partial charge on any atom is 0.573 e. The molecule has 0 saturated carbocycles. The molecule has 0 radical (unpaired) electrons. The van der Waals surface area contributed by atoms with E-state index in [0.717, 1.165) is 6.20 Å². The van der Waals surface area contributed by atoms with Gasteiger partial charge in [0, 0.05) is 5.56 Å². The number of aromatic nitrogens is 1. The molecule has 1 aromatic heterocycles. The molecule has 17 heavy (non-hydrogen) atoms. The zero-order valence-electron chi connectivity index (χ0n) is 8.81. The first-order valence-electron chi connectivity index (χ1n) is 4.55. The molecule has 92 valence electrons. The average Bonchev–Trinajstić information content (AvgIpc) is 2.22. The topological polar surface area (TPSA) is 45.9 Å². The third-order valence-corrected chi connectivity index (χ3v) is 2.38. The van der Waals surface area contributed by atoms with Gasteiger partial charge in [-0.3, -0.25) is 4.98 Å². The van der Waals surface area contributed by atoms with E-state index < -0.39 is 12.1 Å². The molecular formula is C10H8ClF3N2O. The second kappa shape index (κ2) is 5.23. The highest BCUT2D eigenvalue weighted by molar-refractivity contribution is 6.17. The van der Waals surface area contributed by atoms with Gasteiger partial charge >= 0.3 is 6.36 Å². The molecule has 0 aliphatic carbocycles. The fourth-order valence-corrected chi connectivity index (χ4v) is 1.59. The molecule has 1 heterocycles. The van der Waals surface area contributed by atoms with Crippen LogP contribution in [0, 0.1) is 18.3 Å². The molecule has 0 bridgehead atoms. The second-order valence-electron chi connectivity index (χ2n) is 3.19. The van der Waals surface area contributed by atoms with Crippen LogP contribution in [0.2, 0.25) is 0 Å². The Morgan fingerprint density at radius 3 is 2.65 bits per heavy atom. The van der Waals surface area contributed by atoms with Crippen LogP contribution in [0.3, 0.4) is 0 Å². The predicted octanol–water partition coefficient (Wildman–Crippen LogP) is 3.09. The molecule has 0 aromatic carbocycles. The van der Waals surface area contributed by atoms with Crippen molar-refractivity contribution in [3.63, 3.8) is 0 Å². The molecule has 0 spiro atoms. The van der Waals surface area contributed by atoms with E-state index in [2.05, 4.69) is 9.72 Å². The van der Waals surface area contributed by atoms with Crippen LogP contribution in [0.1, 0.15) is 16.8 Å². The Hall–Kier alpha value is -1.48. The number of alkyl halides is 4. The molecule has 0 fully saturated rings. The van der Waals surface area contributed by atoms with Gasteiger partial charge in [0.2, 0.25) is 0 Å². The van der Waals surface area contributed by atoms with Gasteiger partial charge in [-0.2, -0.15) is 5.26 Å². The summed E-state index contributed by atoms with van der Waals surface area (Å²) in [5.74, 6) is -0.387. The summed E-state index contributed by atoms with van der Waals surface area (Å²) in [5.41, 5.74) is 1.05. The van der Waals surface area contributed by atoms with Gasteiger partial charge in [-0.05, 0) is 12.5 Å². The molecule has 7 heteroatoms. The predicted molar refractivity (Wildman–Crippen MR) is 54.5 cm³/mol. The number of ether oxygens (including phenoxy) is 1. The van der Waals surface area contributed by atoms with Crippen molar-refractivity contribution in [2.24, 2.45) is 0 Å². The molecule has 1 aromatic rings. The monoisotopic (exact) mass is 264 g/mol. The second-order valence-corrected chi connectivity index (χ2v) is 3.46. The highest BCUT2D eigenvalue weighted by Crippen LogP contribution is 2.29. The molecular weight excluding hydrogens is 257 g/mol.